The van der Waals surface area contributed by atoms with Crippen LogP contribution in [0.4, 0.5) is 13.2 Å². The molecule has 4 nitrogen and oxygen atoms in total. The maximum absolute atomic E-state index is 12.6. The lowest BCUT2D eigenvalue weighted by molar-refractivity contribution is -0.140. The van der Waals surface area contributed by atoms with Gasteiger partial charge in [-0.05, 0) is 25.7 Å². The summed E-state index contributed by atoms with van der Waals surface area (Å²) in [6.07, 6.45) is 1.51. The summed E-state index contributed by atoms with van der Waals surface area (Å²) in [6, 6.07) is 0.378. The first-order valence-electron chi connectivity index (χ1n) is 8.48. The second-order valence-electron chi connectivity index (χ2n) is 6.10. The molecule has 0 amide bonds. The van der Waals surface area contributed by atoms with Crippen molar-refractivity contribution in [3.8, 4) is 0 Å². The lowest BCUT2D eigenvalue weighted by Crippen LogP contribution is -2.45. The number of nitrogens with one attached hydrogen (secondary N) is 2. The van der Waals surface area contributed by atoms with Crippen LogP contribution < -0.4 is 10.6 Å². The van der Waals surface area contributed by atoms with E-state index in [-0.39, 0.29) is 30.5 Å². The predicted octanol–water partition coefficient (Wildman–Crippen LogP) is 4.80. The molecule has 0 radical (unpaired) electrons. The normalized spacial score (nSPS) is 21.6. The van der Waals surface area contributed by atoms with Gasteiger partial charge < -0.3 is 10.6 Å². The Hall–Kier alpha value is -0.580. The highest BCUT2D eigenvalue weighted by molar-refractivity contribution is 14.0. The first-order chi connectivity index (χ1) is 11.4. The number of thiazole rings is 1. The van der Waals surface area contributed by atoms with Crippen LogP contribution in [-0.4, -0.2) is 23.5 Å². The standard InChI is InChI=1S/C16H25F3N4S.HI/c1-3-11-6-5-7-12(8-11)22-15(20-4-2)21-9-14-23-13(10-24-14)16(17,18)19;/h10-12H,3-9H2,1-2H3,(H2,20,21,22);1H. The van der Waals surface area contributed by atoms with E-state index < -0.39 is 11.9 Å². The Balaban J connectivity index is 0.00000312. The molecular weight excluding hydrogens is 464 g/mol. The molecule has 1 aromatic rings. The van der Waals surface area contributed by atoms with E-state index in [0.29, 0.717) is 23.6 Å². The Morgan fingerprint density at radius 1 is 1.36 bits per heavy atom. The lowest BCUT2D eigenvalue weighted by Gasteiger charge is -2.30. The smallest absolute Gasteiger partial charge is 0.357 e. The number of hydrogen-bond donors (Lipinski definition) is 2. The largest absolute Gasteiger partial charge is 0.434 e. The van der Waals surface area contributed by atoms with Gasteiger partial charge in [-0.25, -0.2) is 9.98 Å². The molecular formula is C16H26F3IN4S. The van der Waals surface area contributed by atoms with Gasteiger partial charge in [0.05, 0.1) is 6.54 Å². The number of guanidine groups is 1. The summed E-state index contributed by atoms with van der Waals surface area (Å²) in [5.74, 6) is 1.40. The molecule has 1 heterocycles. The predicted molar refractivity (Wildman–Crippen MR) is 107 cm³/mol. The van der Waals surface area contributed by atoms with Crippen molar-refractivity contribution in [2.45, 2.75) is 64.7 Å². The average molecular weight is 490 g/mol. The maximum atomic E-state index is 12.6. The van der Waals surface area contributed by atoms with Gasteiger partial charge in [0.15, 0.2) is 11.7 Å². The van der Waals surface area contributed by atoms with E-state index in [2.05, 4.69) is 27.5 Å². The zero-order chi connectivity index (χ0) is 17.6. The van der Waals surface area contributed by atoms with Crippen molar-refractivity contribution < 1.29 is 13.2 Å². The van der Waals surface area contributed by atoms with Gasteiger partial charge in [0.25, 0.3) is 0 Å². The van der Waals surface area contributed by atoms with Crippen molar-refractivity contribution in [3.05, 3.63) is 16.1 Å². The van der Waals surface area contributed by atoms with Crippen LogP contribution in [0.25, 0.3) is 0 Å². The van der Waals surface area contributed by atoms with E-state index in [9.17, 15) is 13.2 Å². The highest BCUT2D eigenvalue weighted by Gasteiger charge is 2.33. The third-order valence-corrected chi connectivity index (χ3v) is 5.09. The molecule has 1 aliphatic carbocycles. The maximum Gasteiger partial charge on any atom is 0.434 e. The molecule has 2 atom stereocenters. The van der Waals surface area contributed by atoms with Crippen molar-refractivity contribution in [2.75, 3.05) is 6.54 Å². The summed E-state index contributed by atoms with van der Waals surface area (Å²) < 4.78 is 37.8. The molecule has 1 saturated carbocycles. The fourth-order valence-electron chi connectivity index (χ4n) is 2.97. The van der Waals surface area contributed by atoms with Gasteiger partial charge in [-0.2, -0.15) is 13.2 Å². The summed E-state index contributed by atoms with van der Waals surface area (Å²) in [5.41, 5.74) is -0.839. The number of aliphatic imine (C=N–C) groups is 1. The number of alkyl halides is 3. The topological polar surface area (TPSA) is 49.3 Å². The summed E-state index contributed by atoms with van der Waals surface area (Å²) in [7, 11) is 0. The number of rotatable bonds is 5. The molecule has 0 aromatic carbocycles. The molecule has 0 aliphatic heterocycles. The van der Waals surface area contributed by atoms with E-state index in [4.69, 9.17) is 0 Å². The fraction of sp³-hybridized carbons (Fsp3) is 0.750. The molecule has 0 bridgehead atoms. The van der Waals surface area contributed by atoms with E-state index in [0.717, 1.165) is 35.5 Å². The van der Waals surface area contributed by atoms with Crippen molar-refractivity contribution in [3.63, 3.8) is 0 Å². The van der Waals surface area contributed by atoms with Gasteiger partial charge in [0, 0.05) is 18.0 Å². The molecule has 9 heteroatoms. The summed E-state index contributed by atoms with van der Waals surface area (Å²) >= 11 is 0.993. The Bertz CT molecular complexity index is 548. The van der Waals surface area contributed by atoms with Crippen LogP contribution in [0.3, 0.4) is 0 Å². The molecule has 0 saturated heterocycles. The van der Waals surface area contributed by atoms with Crippen LogP contribution in [-0.2, 0) is 12.7 Å². The Kier molecular flexibility index (Phi) is 9.47. The number of nitrogens with zero attached hydrogens (tertiary/aromatic N) is 2. The second kappa shape index (κ2) is 10.5. The van der Waals surface area contributed by atoms with Gasteiger partial charge in [0.1, 0.15) is 5.01 Å². The van der Waals surface area contributed by atoms with Crippen LogP contribution >= 0.6 is 35.3 Å². The summed E-state index contributed by atoms with van der Waals surface area (Å²) in [4.78, 5) is 8.02. The minimum Gasteiger partial charge on any atom is -0.357 e. The number of halogens is 4. The van der Waals surface area contributed by atoms with Crippen molar-refractivity contribution in [1.82, 2.24) is 15.6 Å². The monoisotopic (exact) mass is 490 g/mol. The fourth-order valence-corrected chi connectivity index (χ4v) is 3.69. The van der Waals surface area contributed by atoms with Crippen LogP contribution in [0.15, 0.2) is 10.4 Å². The number of aromatic nitrogens is 1. The lowest BCUT2D eigenvalue weighted by atomic mass is 9.84. The second-order valence-corrected chi connectivity index (χ2v) is 7.04. The van der Waals surface area contributed by atoms with Gasteiger partial charge >= 0.3 is 6.18 Å². The highest BCUT2D eigenvalue weighted by Crippen LogP contribution is 2.30. The molecule has 1 aliphatic rings. The van der Waals surface area contributed by atoms with Gasteiger partial charge in [-0.3, -0.25) is 0 Å². The zero-order valence-corrected chi connectivity index (χ0v) is 17.7. The zero-order valence-electron chi connectivity index (χ0n) is 14.5. The highest BCUT2D eigenvalue weighted by atomic mass is 127. The molecule has 2 N–H and O–H groups in total. The van der Waals surface area contributed by atoms with Crippen molar-refractivity contribution in [1.29, 1.82) is 0 Å². The Morgan fingerprint density at radius 3 is 2.72 bits per heavy atom. The Labute approximate surface area is 168 Å². The minimum absolute atomic E-state index is 0. The third-order valence-electron chi connectivity index (χ3n) is 4.26. The van der Waals surface area contributed by atoms with Crippen molar-refractivity contribution in [2.24, 2.45) is 10.9 Å². The van der Waals surface area contributed by atoms with E-state index in [1.807, 2.05) is 6.92 Å². The van der Waals surface area contributed by atoms with E-state index in [1.165, 1.54) is 19.3 Å². The first-order valence-corrected chi connectivity index (χ1v) is 9.36. The van der Waals surface area contributed by atoms with E-state index in [1.54, 1.807) is 0 Å². The van der Waals surface area contributed by atoms with Gasteiger partial charge in [0.2, 0.25) is 0 Å². The third kappa shape index (κ3) is 7.28. The SMILES string of the molecule is CCNC(=NCc1nc(C(F)(F)F)cs1)NC1CCCC(CC)C1.I. The van der Waals surface area contributed by atoms with Crippen LogP contribution in [0.1, 0.15) is 56.7 Å². The summed E-state index contributed by atoms with van der Waals surface area (Å²) in [5, 5.41) is 8.00. The molecule has 0 spiro atoms. The van der Waals surface area contributed by atoms with Gasteiger partial charge in [-0.1, -0.05) is 26.2 Å². The average Bonchev–Trinajstić information content (AvgIpc) is 3.02. The Morgan fingerprint density at radius 2 is 2.12 bits per heavy atom. The van der Waals surface area contributed by atoms with E-state index >= 15 is 0 Å². The van der Waals surface area contributed by atoms with Crippen molar-refractivity contribution >= 4 is 41.3 Å². The molecule has 25 heavy (non-hydrogen) atoms. The van der Waals surface area contributed by atoms with Crippen LogP contribution in [0.5, 0.6) is 0 Å². The summed E-state index contributed by atoms with van der Waals surface area (Å²) in [6.45, 7) is 5.05. The first kappa shape index (κ1) is 22.5. The number of hydrogen-bond acceptors (Lipinski definition) is 3. The van der Waals surface area contributed by atoms with Gasteiger partial charge in [-0.15, -0.1) is 35.3 Å². The quantitative estimate of drug-likeness (QED) is 0.354. The minimum atomic E-state index is -4.39. The van der Waals surface area contributed by atoms with Crippen LogP contribution in [0, 0.1) is 5.92 Å². The van der Waals surface area contributed by atoms with Crippen LogP contribution in [0.2, 0.25) is 0 Å². The molecule has 1 fully saturated rings. The molecule has 1 aromatic heterocycles. The molecule has 144 valence electrons. The molecule has 2 unspecified atom stereocenters. The molecule has 2 rings (SSSR count).